The van der Waals surface area contributed by atoms with Gasteiger partial charge in [0.15, 0.2) is 0 Å². The molecule has 1 aromatic rings. The summed E-state index contributed by atoms with van der Waals surface area (Å²) in [4.78, 5) is 4.64. The molecule has 0 saturated carbocycles. The van der Waals surface area contributed by atoms with E-state index in [-0.39, 0.29) is 0 Å². The Labute approximate surface area is 76.8 Å². The van der Waals surface area contributed by atoms with Crippen molar-refractivity contribution in [3.05, 3.63) is 34.9 Å². The van der Waals surface area contributed by atoms with Crippen molar-refractivity contribution >= 4 is 17.3 Å². The van der Waals surface area contributed by atoms with Gasteiger partial charge in [0.05, 0.1) is 5.71 Å². The van der Waals surface area contributed by atoms with Crippen LogP contribution in [0.5, 0.6) is 0 Å². The number of halogens is 1. The number of hydrogen-bond donors (Lipinski definition) is 0. The monoisotopic (exact) mass is 183 g/mol. The fourth-order valence-corrected chi connectivity index (χ4v) is 1.21. The van der Waals surface area contributed by atoms with E-state index in [4.69, 9.17) is 11.6 Å². The summed E-state index contributed by atoms with van der Waals surface area (Å²) in [6.07, 6.45) is 0. The van der Waals surface area contributed by atoms with Gasteiger partial charge in [-0.2, -0.15) is 0 Å². The summed E-state index contributed by atoms with van der Waals surface area (Å²) < 4.78 is 0. The molecule has 0 N–H and O–H groups in total. The number of nitrogens with zero attached hydrogens (tertiary/aromatic N) is 1. The first-order valence-electron chi connectivity index (χ1n) is 3.58. The summed E-state index contributed by atoms with van der Waals surface area (Å²) in [5.74, 6) is 0. The summed E-state index contributed by atoms with van der Waals surface area (Å²) in [6, 6.07) is 7.52. The van der Waals surface area contributed by atoms with Crippen molar-refractivity contribution in [2.24, 2.45) is 5.16 Å². The van der Waals surface area contributed by atoms with Gasteiger partial charge in [-0.3, -0.25) is 0 Å². The lowest BCUT2D eigenvalue weighted by Gasteiger charge is -2.01. The highest BCUT2D eigenvalue weighted by Gasteiger charge is 2.01. The lowest BCUT2D eigenvalue weighted by molar-refractivity contribution is 0.213. The standard InChI is InChI=1S/C9H10ClNO/c1-7(11-12-2)8-5-3-4-6-9(8)10/h3-6H,1-2H3. The Hall–Kier alpha value is -1.02. The second-order valence-corrected chi connectivity index (χ2v) is 2.75. The number of hydrogen-bond acceptors (Lipinski definition) is 2. The van der Waals surface area contributed by atoms with Crippen LogP contribution in [0.1, 0.15) is 12.5 Å². The van der Waals surface area contributed by atoms with E-state index in [1.54, 1.807) is 0 Å². The highest BCUT2D eigenvalue weighted by Crippen LogP contribution is 2.15. The Bertz CT molecular complexity index is 296. The fourth-order valence-electron chi connectivity index (χ4n) is 0.941. The molecule has 0 aliphatic heterocycles. The van der Waals surface area contributed by atoms with Crippen LogP contribution >= 0.6 is 11.6 Å². The van der Waals surface area contributed by atoms with Gasteiger partial charge in [-0.25, -0.2) is 0 Å². The minimum absolute atomic E-state index is 0.691. The van der Waals surface area contributed by atoms with E-state index in [2.05, 4.69) is 9.99 Å². The molecule has 12 heavy (non-hydrogen) atoms. The number of rotatable bonds is 2. The molecule has 0 fully saturated rings. The van der Waals surface area contributed by atoms with Crippen LogP contribution in [0.15, 0.2) is 29.4 Å². The minimum Gasteiger partial charge on any atom is -0.399 e. The molecule has 0 amide bonds. The van der Waals surface area contributed by atoms with Gasteiger partial charge in [-0.1, -0.05) is 35.0 Å². The first kappa shape index (κ1) is 9.07. The minimum atomic E-state index is 0.691. The Kier molecular flexibility index (Phi) is 3.11. The van der Waals surface area contributed by atoms with E-state index in [9.17, 15) is 0 Å². The van der Waals surface area contributed by atoms with Gasteiger partial charge in [-0.15, -0.1) is 0 Å². The number of benzene rings is 1. The summed E-state index contributed by atoms with van der Waals surface area (Å²) in [5, 5.41) is 4.48. The third-order valence-corrected chi connectivity index (χ3v) is 1.82. The van der Waals surface area contributed by atoms with E-state index < -0.39 is 0 Å². The van der Waals surface area contributed by atoms with Gasteiger partial charge in [-0.05, 0) is 13.0 Å². The third-order valence-electron chi connectivity index (χ3n) is 1.49. The van der Waals surface area contributed by atoms with Gasteiger partial charge >= 0.3 is 0 Å². The molecule has 0 aliphatic rings. The molecule has 0 unspecified atom stereocenters. The van der Waals surface area contributed by atoms with Gasteiger partial charge in [0.1, 0.15) is 7.11 Å². The van der Waals surface area contributed by atoms with Crippen molar-refractivity contribution < 1.29 is 4.84 Å². The van der Waals surface area contributed by atoms with Crippen LogP contribution in [0, 0.1) is 0 Å². The van der Waals surface area contributed by atoms with Crippen molar-refractivity contribution in [2.45, 2.75) is 6.92 Å². The average molecular weight is 184 g/mol. The van der Waals surface area contributed by atoms with E-state index >= 15 is 0 Å². The molecule has 64 valence electrons. The fraction of sp³-hybridized carbons (Fsp3) is 0.222. The molecule has 1 aromatic carbocycles. The Balaban J connectivity index is 3.02. The number of oxime groups is 1. The molecule has 2 nitrogen and oxygen atoms in total. The smallest absolute Gasteiger partial charge is 0.106 e. The predicted molar refractivity (Wildman–Crippen MR) is 50.7 cm³/mol. The van der Waals surface area contributed by atoms with E-state index in [1.165, 1.54) is 7.11 Å². The highest BCUT2D eigenvalue weighted by molar-refractivity contribution is 6.34. The van der Waals surface area contributed by atoms with Gasteiger partial charge in [0.2, 0.25) is 0 Å². The van der Waals surface area contributed by atoms with E-state index in [0.717, 1.165) is 11.3 Å². The van der Waals surface area contributed by atoms with Crippen LogP contribution in [0.4, 0.5) is 0 Å². The zero-order chi connectivity index (χ0) is 8.97. The largest absolute Gasteiger partial charge is 0.399 e. The van der Waals surface area contributed by atoms with Gasteiger partial charge < -0.3 is 4.84 Å². The SMILES string of the molecule is CON=C(C)c1ccccc1Cl. The molecule has 0 aliphatic carbocycles. The molecular weight excluding hydrogens is 174 g/mol. The molecule has 0 heterocycles. The van der Waals surface area contributed by atoms with Crippen LogP contribution in [-0.2, 0) is 4.84 Å². The first-order chi connectivity index (χ1) is 5.75. The molecule has 0 radical (unpaired) electrons. The zero-order valence-electron chi connectivity index (χ0n) is 7.04. The Morgan fingerprint density at radius 1 is 1.42 bits per heavy atom. The molecule has 0 saturated heterocycles. The Morgan fingerprint density at radius 2 is 2.08 bits per heavy atom. The molecule has 0 atom stereocenters. The average Bonchev–Trinajstić information content (AvgIpc) is 2.05. The van der Waals surface area contributed by atoms with Crippen LogP contribution in [-0.4, -0.2) is 12.8 Å². The molecule has 3 heteroatoms. The van der Waals surface area contributed by atoms with E-state index in [1.807, 2.05) is 31.2 Å². The summed E-state index contributed by atoms with van der Waals surface area (Å²) >= 11 is 5.92. The lowest BCUT2D eigenvalue weighted by Crippen LogP contribution is -1.95. The van der Waals surface area contributed by atoms with Gasteiger partial charge in [0, 0.05) is 10.6 Å². The van der Waals surface area contributed by atoms with Crippen LogP contribution in [0.3, 0.4) is 0 Å². The van der Waals surface area contributed by atoms with Crippen molar-refractivity contribution in [3.8, 4) is 0 Å². The molecular formula is C9H10ClNO. The molecule has 0 aromatic heterocycles. The lowest BCUT2D eigenvalue weighted by atomic mass is 10.1. The normalized spacial score (nSPS) is 11.4. The van der Waals surface area contributed by atoms with Crippen molar-refractivity contribution in [1.29, 1.82) is 0 Å². The molecule has 0 bridgehead atoms. The third kappa shape index (κ3) is 1.98. The quantitative estimate of drug-likeness (QED) is 0.510. The Morgan fingerprint density at radius 3 is 2.67 bits per heavy atom. The second-order valence-electron chi connectivity index (χ2n) is 2.34. The second kappa shape index (κ2) is 4.12. The summed E-state index contributed by atoms with van der Waals surface area (Å²) in [7, 11) is 1.51. The molecule has 1 rings (SSSR count). The van der Waals surface area contributed by atoms with Crippen molar-refractivity contribution in [3.63, 3.8) is 0 Å². The highest BCUT2D eigenvalue weighted by atomic mass is 35.5. The van der Waals surface area contributed by atoms with Crippen molar-refractivity contribution in [1.82, 2.24) is 0 Å². The summed E-state index contributed by atoms with van der Waals surface area (Å²) in [5.41, 5.74) is 1.68. The van der Waals surface area contributed by atoms with Crippen molar-refractivity contribution in [2.75, 3.05) is 7.11 Å². The zero-order valence-corrected chi connectivity index (χ0v) is 7.80. The first-order valence-corrected chi connectivity index (χ1v) is 3.96. The maximum atomic E-state index is 5.92. The van der Waals surface area contributed by atoms with Gasteiger partial charge in [0.25, 0.3) is 0 Å². The molecule has 0 spiro atoms. The maximum Gasteiger partial charge on any atom is 0.106 e. The predicted octanol–water partition coefficient (Wildman–Crippen LogP) is 2.71. The van der Waals surface area contributed by atoms with Crippen LogP contribution in [0.2, 0.25) is 5.02 Å². The van der Waals surface area contributed by atoms with E-state index in [0.29, 0.717) is 5.02 Å². The summed E-state index contributed by atoms with van der Waals surface area (Å²) in [6.45, 7) is 1.85. The maximum absolute atomic E-state index is 5.92. The topological polar surface area (TPSA) is 21.6 Å². The van der Waals surface area contributed by atoms with Crippen LogP contribution < -0.4 is 0 Å². The van der Waals surface area contributed by atoms with Crippen LogP contribution in [0.25, 0.3) is 0 Å².